The van der Waals surface area contributed by atoms with Gasteiger partial charge in [0, 0.05) is 6.42 Å². The van der Waals surface area contributed by atoms with Crippen LogP contribution in [-0.2, 0) is 4.79 Å². The Morgan fingerprint density at radius 1 is 1.60 bits per heavy atom. The Hall–Kier alpha value is -1.01. The number of anilines is 1. The van der Waals surface area contributed by atoms with Crippen LogP contribution in [0.3, 0.4) is 0 Å². The quantitative estimate of drug-likeness (QED) is 0.792. The zero-order valence-electron chi connectivity index (χ0n) is 8.99. The first-order valence-electron chi connectivity index (χ1n) is 4.95. The average molecular weight is 228 g/mol. The Morgan fingerprint density at radius 3 is 2.80 bits per heavy atom. The number of carbonyl (C=O) groups excluding carboxylic acids is 1. The Kier molecular flexibility index (Phi) is 4.64. The van der Waals surface area contributed by atoms with Gasteiger partial charge in [-0.3, -0.25) is 4.79 Å². The largest absolute Gasteiger partial charge is 0.330 e. The highest BCUT2D eigenvalue weighted by molar-refractivity contribution is 7.15. The highest BCUT2D eigenvalue weighted by Crippen LogP contribution is 2.15. The Morgan fingerprint density at radius 2 is 2.33 bits per heavy atom. The number of nitrogens with one attached hydrogen (secondary N) is 1. The molecule has 0 fully saturated rings. The molecule has 1 heterocycles. The third kappa shape index (κ3) is 3.93. The molecule has 5 nitrogen and oxygen atoms in total. The lowest BCUT2D eigenvalue weighted by Crippen LogP contribution is -2.21. The molecule has 1 aromatic rings. The van der Waals surface area contributed by atoms with Crippen LogP contribution in [0.15, 0.2) is 0 Å². The number of aryl methyl sites for hydroxylation is 1. The Balaban J connectivity index is 2.42. The van der Waals surface area contributed by atoms with E-state index in [1.54, 1.807) is 0 Å². The maximum atomic E-state index is 11.5. The van der Waals surface area contributed by atoms with Crippen LogP contribution in [-0.4, -0.2) is 22.6 Å². The van der Waals surface area contributed by atoms with Gasteiger partial charge in [0.2, 0.25) is 11.0 Å². The minimum absolute atomic E-state index is 0.0385. The first-order chi connectivity index (χ1) is 7.15. The van der Waals surface area contributed by atoms with Crippen LogP contribution in [0.1, 0.15) is 24.8 Å². The van der Waals surface area contributed by atoms with Crippen LogP contribution in [0.2, 0.25) is 0 Å². The maximum absolute atomic E-state index is 11.5. The number of aromatic nitrogens is 2. The molecule has 1 aromatic heterocycles. The molecule has 1 amide bonds. The number of nitrogens with two attached hydrogens (primary N) is 1. The van der Waals surface area contributed by atoms with Gasteiger partial charge >= 0.3 is 0 Å². The van der Waals surface area contributed by atoms with Gasteiger partial charge in [-0.05, 0) is 19.4 Å². The molecule has 0 aromatic carbocycles. The van der Waals surface area contributed by atoms with Crippen LogP contribution in [0.4, 0.5) is 5.13 Å². The smallest absolute Gasteiger partial charge is 0.226 e. The van der Waals surface area contributed by atoms with Gasteiger partial charge in [-0.1, -0.05) is 24.7 Å². The van der Waals surface area contributed by atoms with Crippen molar-refractivity contribution in [2.24, 2.45) is 11.7 Å². The van der Waals surface area contributed by atoms with E-state index in [2.05, 4.69) is 15.5 Å². The molecule has 0 radical (unpaired) electrons. The van der Waals surface area contributed by atoms with E-state index in [0.717, 1.165) is 11.4 Å². The molecule has 0 saturated heterocycles. The number of hydrogen-bond acceptors (Lipinski definition) is 5. The molecule has 3 N–H and O–H groups in total. The third-order valence-electron chi connectivity index (χ3n) is 2.16. The van der Waals surface area contributed by atoms with E-state index < -0.39 is 0 Å². The summed E-state index contributed by atoms with van der Waals surface area (Å²) in [5.74, 6) is 0.211. The SMILES string of the molecule is CCC(CN)CC(=O)Nc1nnc(C)s1. The molecule has 0 saturated carbocycles. The second-order valence-electron chi connectivity index (χ2n) is 3.39. The van der Waals surface area contributed by atoms with E-state index in [4.69, 9.17) is 5.73 Å². The van der Waals surface area contributed by atoms with Gasteiger partial charge in [-0.25, -0.2) is 0 Å². The fraction of sp³-hybridized carbons (Fsp3) is 0.667. The van der Waals surface area contributed by atoms with Crippen LogP contribution in [0.25, 0.3) is 0 Å². The monoisotopic (exact) mass is 228 g/mol. The Labute approximate surface area is 93.1 Å². The van der Waals surface area contributed by atoms with E-state index in [-0.39, 0.29) is 11.8 Å². The van der Waals surface area contributed by atoms with Crippen LogP contribution in [0.5, 0.6) is 0 Å². The molecular weight excluding hydrogens is 212 g/mol. The minimum atomic E-state index is -0.0385. The van der Waals surface area contributed by atoms with Crippen LogP contribution >= 0.6 is 11.3 Å². The second kappa shape index (κ2) is 5.77. The first-order valence-corrected chi connectivity index (χ1v) is 5.77. The van der Waals surface area contributed by atoms with Gasteiger partial charge in [0.25, 0.3) is 0 Å². The molecule has 6 heteroatoms. The number of hydrogen-bond donors (Lipinski definition) is 2. The van der Waals surface area contributed by atoms with Crippen LogP contribution < -0.4 is 11.1 Å². The van der Waals surface area contributed by atoms with Gasteiger partial charge in [0.15, 0.2) is 0 Å². The summed E-state index contributed by atoms with van der Waals surface area (Å²) >= 11 is 1.37. The van der Waals surface area contributed by atoms with Crippen molar-refractivity contribution in [3.8, 4) is 0 Å². The normalized spacial score (nSPS) is 12.5. The summed E-state index contributed by atoms with van der Waals surface area (Å²) in [6, 6.07) is 0. The highest BCUT2D eigenvalue weighted by atomic mass is 32.1. The number of nitrogens with zero attached hydrogens (tertiary/aromatic N) is 2. The van der Waals surface area contributed by atoms with Gasteiger partial charge < -0.3 is 11.1 Å². The number of carbonyl (C=O) groups is 1. The van der Waals surface area contributed by atoms with Crippen molar-refractivity contribution in [2.45, 2.75) is 26.7 Å². The van der Waals surface area contributed by atoms with Crippen molar-refractivity contribution in [2.75, 3.05) is 11.9 Å². The molecule has 84 valence electrons. The van der Waals surface area contributed by atoms with E-state index >= 15 is 0 Å². The lowest BCUT2D eigenvalue weighted by Gasteiger charge is -2.10. The van der Waals surface area contributed by atoms with E-state index in [1.807, 2.05) is 13.8 Å². The van der Waals surface area contributed by atoms with Crippen molar-refractivity contribution >= 4 is 22.4 Å². The first kappa shape index (κ1) is 12.1. The zero-order chi connectivity index (χ0) is 11.3. The van der Waals surface area contributed by atoms with Crippen molar-refractivity contribution in [3.05, 3.63) is 5.01 Å². The minimum Gasteiger partial charge on any atom is -0.330 e. The van der Waals surface area contributed by atoms with Gasteiger partial charge in [0.05, 0.1) is 0 Å². The number of rotatable bonds is 5. The summed E-state index contributed by atoms with van der Waals surface area (Å²) in [6.07, 6.45) is 1.37. The molecule has 0 aliphatic rings. The molecule has 1 rings (SSSR count). The summed E-state index contributed by atoms with van der Waals surface area (Å²) in [6.45, 7) is 4.42. The topological polar surface area (TPSA) is 80.9 Å². The highest BCUT2D eigenvalue weighted by Gasteiger charge is 2.12. The molecule has 1 atom stereocenters. The predicted molar refractivity (Wildman–Crippen MR) is 60.7 cm³/mol. The second-order valence-corrected chi connectivity index (χ2v) is 4.57. The summed E-state index contributed by atoms with van der Waals surface area (Å²) in [5, 5.41) is 11.8. The molecule has 1 unspecified atom stereocenters. The van der Waals surface area contributed by atoms with Crippen molar-refractivity contribution in [1.82, 2.24) is 10.2 Å². The third-order valence-corrected chi connectivity index (χ3v) is 2.91. The van der Waals surface area contributed by atoms with Crippen molar-refractivity contribution in [1.29, 1.82) is 0 Å². The molecular formula is C9H16N4OS. The summed E-state index contributed by atoms with van der Waals surface area (Å²) in [7, 11) is 0. The molecule has 0 aliphatic carbocycles. The summed E-state index contributed by atoms with van der Waals surface area (Å²) in [4.78, 5) is 11.5. The molecule has 15 heavy (non-hydrogen) atoms. The summed E-state index contributed by atoms with van der Waals surface area (Å²) < 4.78 is 0. The van der Waals surface area contributed by atoms with Crippen molar-refractivity contribution < 1.29 is 4.79 Å². The van der Waals surface area contributed by atoms with Crippen LogP contribution in [0, 0.1) is 12.8 Å². The maximum Gasteiger partial charge on any atom is 0.226 e. The molecule has 0 spiro atoms. The average Bonchev–Trinajstić information content (AvgIpc) is 2.60. The zero-order valence-corrected chi connectivity index (χ0v) is 9.80. The summed E-state index contributed by atoms with van der Waals surface area (Å²) in [5.41, 5.74) is 5.52. The fourth-order valence-electron chi connectivity index (χ4n) is 1.17. The molecule has 0 aliphatic heterocycles. The van der Waals surface area contributed by atoms with E-state index in [9.17, 15) is 4.79 Å². The molecule has 0 bridgehead atoms. The van der Waals surface area contributed by atoms with E-state index in [0.29, 0.717) is 18.1 Å². The fourth-order valence-corrected chi connectivity index (χ4v) is 1.78. The van der Waals surface area contributed by atoms with Gasteiger partial charge in [-0.2, -0.15) is 0 Å². The lowest BCUT2D eigenvalue weighted by atomic mass is 10.0. The predicted octanol–water partition coefficient (Wildman–Crippen LogP) is 1.16. The van der Waals surface area contributed by atoms with Crippen molar-refractivity contribution in [3.63, 3.8) is 0 Å². The van der Waals surface area contributed by atoms with E-state index in [1.165, 1.54) is 11.3 Å². The lowest BCUT2D eigenvalue weighted by molar-refractivity contribution is -0.117. The van der Waals surface area contributed by atoms with Gasteiger partial charge in [-0.15, -0.1) is 10.2 Å². The standard InChI is InChI=1S/C9H16N4OS/c1-3-7(5-10)4-8(14)11-9-13-12-6(2)15-9/h7H,3-5,10H2,1-2H3,(H,11,13,14). The van der Waals surface area contributed by atoms with Gasteiger partial charge in [0.1, 0.15) is 5.01 Å². The Bertz CT molecular complexity index is 322. The number of amides is 1.